The Balaban J connectivity index is 2.11. The van der Waals surface area contributed by atoms with E-state index in [-0.39, 0.29) is 11.8 Å². The Morgan fingerprint density at radius 3 is 2.40 bits per heavy atom. The second-order valence-corrected chi connectivity index (χ2v) is 6.37. The molecule has 1 rings (SSSR count). The Bertz CT molecular complexity index is 273. The lowest BCUT2D eigenvalue weighted by Gasteiger charge is -2.35. The van der Waals surface area contributed by atoms with E-state index < -0.39 is 0 Å². The molecule has 4 nitrogen and oxygen atoms in total. The summed E-state index contributed by atoms with van der Waals surface area (Å²) in [5.74, 6) is 1.01. The predicted molar refractivity (Wildman–Crippen MR) is 84.8 cm³/mol. The van der Waals surface area contributed by atoms with Gasteiger partial charge in [-0.2, -0.15) is 0 Å². The van der Waals surface area contributed by atoms with Crippen LogP contribution >= 0.6 is 0 Å². The van der Waals surface area contributed by atoms with Crippen molar-refractivity contribution in [1.29, 1.82) is 0 Å². The van der Waals surface area contributed by atoms with Gasteiger partial charge in [0.2, 0.25) is 5.91 Å². The third-order valence-electron chi connectivity index (χ3n) is 4.29. The number of carbonyl (C=O) groups is 1. The topological polar surface area (TPSA) is 44.4 Å². The van der Waals surface area contributed by atoms with E-state index in [1.807, 2.05) is 13.8 Å². The van der Waals surface area contributed by atoms with Gasteiger partial charge in [0, 0.05) is 25.0 Å². The summed E-state index contributed by atoms with van der Waals surface area (Å²) in [5, 5.41) is 6.51. The number of amides is 1. The number of piperidine rings is 1. The zero-order valence-electron chi connectivity index (χ0n) is 13.7. The van der Waals surface area contributed by atoms with E-state index >= 15 is 0 Å². The molecule has 0 aromatic rings. The van der Waals surface area contributed by atoms with E-state index in [4.69, 9.17) is 0 Å². The van der Waals surface area contributed by atoms with Crippen molar-refractivity contribution in [2.45, 2.75) is 53.0 Å². The first-order valence-electron chi connectivity index (χ1n) is 8.28. The van der Waals surface area contributed by atoms with Crippen molar-refractivity contribution in [2.75, 3.05) is 32.7 Å². The maximum atomic E-state index is 11.4. The van der Waals surface area contributed by atoms with Crippen molar-refractivity contribution in [2.24, 2.45) is 11.8 Å². The zero-order valence-corrected chi connectivity index (χ0v) is 13.7. The Labute approximate surface area is 124 Å². The first kappa shape index (κ1) is 17.4. The lowest BCUT2D eigenvalue weighted by molar-refractivity contribution is -0.123. The predicted octanol–water partition coefficient (Wildman–Crippen LogP) is 1.86. The van der Waals surface area contributed by atoms with Crippen LogP contribution in [0.4, 0.5) is 0 Å². The van der Waals surface area contributed by atoms with E-state index in [0.717, 1.165) is 19.0 Å². The molecule has 1 atom stereocenters. The summed E-state index contributed by atoms with van der Waals surface area (Å²) in [6, 6.07) is 0.551. The van der Waals surface area contributed by atoms with Crippen molar-refractivity contribution in [3.05, 3.63) is 0 Å². The molecule has 0 radical (unpaired) electrons. The molecule has 1 saturated heterocycles. The fourth-order valence-corrected chi connectivity index (χ4v) is 2.85. The molecule has 20 heavy (non-hydrogen) atoms. The molecule has 1 heterocycles. The summed E-state index contributed by atoms with van der Waals surface area (Å²) in [4.78, 5) is 14.0. The molecule has 0 spiro atoms. The zero-order chi connectivity index (χ0) is 15.0. The maximum absolute atomic E-state index is 11.4. The lowest BCUT2D eigenvalue weighted by Crippen LogP contribution is -2.44. The van der Waals surface area contributed by atoms with Gasteiger partial charge in [-0.3, -0.25) is 4.79 Å². The Kier molecular flexibility index (Phi) is 8.15. The van der Waals surface area contributed by atoms with Crippen molar-refractivity contribution in [3.63, 3.8) is 0 Å². The van der Waals surface area contributed by atoms with Crippen molar-refractivity contribution in [1.82, 2.24) is 15.5 Å². The molecule has 0 aliphatic carbocycles. The number of likely N-dealkylation sites (tertiary alicyclic amines) is 1. The third kappa shape index (κ3) is 6.23. The van der Waals surface area contributed by atoms with Gasteiger partial charge < -0.3 is 15.5 Å². The van der Waals surface area contributed by atoms with Crippen LogP contribution in [0, 0.1) is 11.8 Å². The van der Waals surface area contributed by atoms with Crippen LogP contribution in [-0.4, -0.2) is 49.6 Å². The standard InChI is InChI=1S/C16H33N3O/c1-5-10-19-11-6-15(7-12-19)14(4)17-8-9-18-16(20)13(2)3/h13-15,17H,5-12H2,1-4H3,(H,18,20). The van der Waals surface area contributed by atoms with Crippen LogP contribution in [0.1, 0.15) is 47.0 Å². The molecular weight excluding hydrogens is 250 g/mol. The molecule has 0 aromatic heterocycles. The number of hydrogen-bond donors (Lipinski definition) is 2. The minimum absolute atomic E-state index is 0.0790. The van der Waals surface area contributed by atoms with Crippen LogP contribution < -0.4 is 10.6 Å². The maximum Gasteiger partial charge on any atom is 0.222 e. The van der Waals surface area contributed by atoms with Crippen LogP contribution in [0.3, 0.4) is 0 Å². The van der Waals surface area contributed by atoms with E-state index in [0.29, 0.717) is 6.04 Å². The van der Waals surface area contributed by atoms with Gasteiger partial charge >= 0.3 is 0 Å². The highest BCUT2D eigenvalue weighted by Gasteiger charge is 2.22. The molecule has 0 aromatic carbocycles. The molecule has 0 bridgehead atoms. The highest BCUT2D eigenvalue weighted by atomic mass is 16.1. The summed E-state index contributed by atoms with van der Waals surface area (Å²) in [7, 11) is 0. The molecule has 1 unspecified atom stereocenters. The largest absolute Gasteiger partial charge is 0.355 e. The van der Waals surface area contributed by atoms with E-state index in [1.165, 1.54) is 38.9 Å². The fraction of sp³-hybridized carbons (Fsp3) is 0.938. The summed E-state index contributed by atoms with van der Waals surface area (Å²) in [6.45, 7) is 13.7. The number of nitrogens with one attached hydrogen (secondary N) is 2. The summed E-state index contributed by atoms with van der Waals surface area (Å²) < 4.78 is 0. The Morgan fingerprint density at radius 2 is 1.85 bits per heavy atom. The second kappa shape index (κ2) is 9.35. The summed E-state index contributed by atoms with van der Waals surface area (Å²) >= 11 is 0. The van der Waals surface area contributed by atoms with Crippen LogP contribution in [-0.2, 0) is 4.79 Å². The molecule has 0 saturated carbocycles. The van der Waals surface area contributed by atoms with Gasteiger partial charge in [-0.15, -0.1) is 0 Å². The Hall–Kier alpha value is -0.610. The van der Waals surface area contributed by atoms with E-state index in [2.05, 4.69) is 29.4 Å². The monoisotopic (exact) mass is 283 g/mol. The molecule has 1 fully saturated rings. The van der Waals surface area contributed by atoms with Crippen molar-refractivity contribution >= 4 is 5.91 Å². The highest BCUT2D eigenvalue weighted by molar-refractivity contribution is 5.77. The van der Waals surface area contributed by atoms with Crippen molar-refractivity contribution < 1.29 is 4.79 Å². The average molecular weight is 283 g/mol. The van der Waals surface area contributed by atoms with Crippen LogP contribution in [0.15, 0.2) is 0 Å². The highest BCUT2D eigenvalue weighted by Crippen LogP contribution is 2.20. The number of nitrogens with zero attached hydrogens (tertiary/aromatic N) is 1. The van der Waals surface area contributed by atoms with Gasteiger partial charge in [-0.1, -0.05) is 20.8 Å². The Morgan fingerprint density at radius 1 is 1.20 bits per heavy atom. The van der Waals surface area contributed by atoms with Crippen LogP contribution in [0.2, 0.25) is 0 Å². The minimum Gasteiger partial charge on any atom is -0.355 e. The molecule has 118 valence electrons. The molecule has 2 N–H and O–H groups in total. The minimum atomic E-state index is 0.0790. The van der Waals surface area contributed by atoms with Gasteiger partial charge in [-0.05, 0) is 51.7 Å². The molecule has 4 heteroatoms. The van der Waals surface area contributed by atoms with E-state index in [9.17, 15) is 4.79 Å². The van der Waals surface area contributed by atoms with E-state index in [1.54, 1.807) is 0 Å². The van der Waals surface area contributed by atoms with Gasteiger partial charge in [0.15, 0.2) is 0 Å². The number of hydrogen-bond acceptors (Lipinski definition) is 3. The second-order valence-electron chi connectivity index (χ2n) is 6.37. The SMILES string of the molecule is CCCN1CCC(C(C)NCCNC(=O)C(C)C)CC1. The molecular formula is C16H33N3O. The van der Waals surface area contributed by atoms with Gasteiger partial charge in [0.25, 0.3) is 0 Å². The quantitative estimate of drug-likeness (QED) is 0.668. The number of rotatable bonds is 8. The molecule has 1 aliphatic heterocycles. The van der Waals surface area contributed by atoms with Gasteiger partial charge in [0.05, 0.1) is 0 Å². The lowest BCUT2D eigenvalue weighted by atomic mass is 9.90. The first-order valence-corrected chi connectivity index (χ1v) is 8.28. The fourth-order valence-electron chi connectivity index (χ4n) is 2.85. The first-order chi connectivity index (χ1) is 9.54. The smallest absolute Gasteiger partial charge is 0.222 e. The van der Waals surface area contributed by atoms with Gasteiger partial charge in [-0.25, -0.2) is 0 Å². The van der Waals surface area contributed by atoms with Crippen LogP contribution in [0.25, 0.3) is 0 Å². The van der Waals surface area contributed by atoms with Crippen molar-refractivity contribution in [3.8, 4) is 0 Å². The van der Waals surface area contributed by atoms with Crippen LogP contribution in [0.5, 0.6) is 0 Å². The third-order valence-corrected chi connectivity index (χ3v) is 4.29. The van der Waals surface area contributed by atoms with Gasteiger partial charge in [0.1, 0.15) is 0 Å². The average Bonchev–Trinajstić information content (AvgIpc) is 2.44. The summed E-state index contributed by atoms with van der Waals surface area (Å²) in [5.41, 5.74) is 0. The molecule has 1 aliphatic rings. The summed E-state index contributed by atoms with van der Waals surface area (Å²) in [6.07, 6.45) is 3.85. The number of carbonyl (C=O) groups excluding carboxylic acids is 1. The normalized spacial score (nSPS) is 19.2. The molecule has 1 amide bonds.